The highest BCUT2D eigenvalue weighted by molar-refractivity contribution is 5.95. The summed E-state index contributed by atoms with van der Waals surface area (Å²) in [5, 5.41) is 5.71. The topological polar surface area (TPSA) is 84.0 Å². The number of nitrogens with zero attached hydrogens (tertiary/aromatic N) is 2. The molecule has 0 aliphatic carbocycles. The molecule has 1 amide bonds. The number of amides is 1. The highest BCUT2D eigenvalue weighted by atomic mass is 19.1. The average Bonchev–Trinajstić information content (AvgIpc) is 2.68. The molecule has 0 bridgehead atoms. The lowest BCUT2D eigenvalue weighted by atomic mass is 10.1. The first-order valence-corrected chi connectivity index (χ1v) is 8.24. The maximum absolute atomic E-state index is 12.9. The van der Waals surface area contributed by atoms with Crippen molar-refractivity contribution in [3.63, 3.8) is 0 Å². The molecule has 0 aliphatic heterocycles. The lowest BCUT2D eigenvalue weighted by Gasteiger charge is -2.07. The Morgan fingerprint density at radius 2 is 1.70 bits per heavy atom. The largest absolute Gasteiger partial charge is 0.348 e. The summed E-state index contributed by atoms with van der Waals surface area (Å²) in [5.41, 5.74) is 2.35. The van der Waals surface area contributed by atoms with Gasteiger partial charge in [0.1, 0.15) is 5.82 Å². The van der Waals surface area contributed by atoms with Gasteiger partial charge in [0.25, 0.3) is 5.91 Å². The number of carbonyl (C=O) groups excluding carboxylic acids is 2. The third kappa shape index (κ3) is 4.94. The van der Waals surface area contributed by atoms with Gasteiger partial charge in [0, 0.05) is 30.2 Å². The van der Waals surface area contributed by atoms with Crippen molar-refractivity contribution in [2.75, 3.05) is 5.32 Å². The Morgan fingerprint density at radius 3 is 2.37 bits per heavy atom. The van der Waals surface area contributed by atoms with Gasteiger partial charge in [-0.25, -0.2) is 14.4 Å². The molecule has 2 N–H and O–H groups in total. The molecule has 0 unspecified atom stereocenters. The molecule has 0 aliphatic rings. The van der Waals surface area contributed by atoms with Crippen molar-refractivity contribution in [3.8, 4) is 0 Å². The molecule has 6 nitrogen and oxygen atoms in total. The maximum atomic E-state index is 12.9. The fraction of sp³-hybridized carbons (Fsp3) is 0.100. The summed E-state index contributed by atoms with van der Waals surface area (Å²) in [4.78, 5) is 31.8. The molecule has 3 rings (SSSR count). The second-order valence-electron chi connectivity index (χ2n) is 5.87. The number of carbonyl (C=O) groups is 2. The van der Waals surface area contributed by atoms with Gasteiger partial charge in [-0.2, -0.15) is 0 Å². The van der Waals surface area contributed by atoms with Crippen molar-refractivity contribution >= 4 is 23.3 Å². The maximum Gasteiger partial charge on any atom is 0.254 e. The van der Waals surface area contributed by atoms with E-state index in [1.54, 1.807) is 36.4 Å². The van der Waals surface area contributed by atoms with E-state index in [-0.39, 0.29) is 24.1 Å². The first kappa shape index (κ1) is 18.2. The second-order valence-corrected chi connectivity index (χ2v) is 5.87. The number of ketones is 1. The first-order chi connectivity index (χ1) is 13.0. The van der Waals surface area contributed by atoms with Gasteiger partial charge in [-0.3, -0.25) is 9.59 Å². The van der Waals surface area contributed by atoms with E-state index < -0.39 is 0 Å². The molecule has 0 fully saturated rings. The molecule has 27 heavy (non-hydrogen) atoms. The first-order valence-electron chi connectivity index (χ1n) is 8.24. The summed E-state index contributed by atoms with van der Waals surface area (Å²) in [6.07, 6.45) is 2.81. The van der Waals surface area contributed by atoms with Crippen molar-refractivity contribution in [1.29, 1.82) is 0 Å². The summed E-state index contributed by atoms with van der Waals surface area (Å²) in [5.74, 6) is -0.376. The summed E-state index contributed by atoms with van der Waals surface area (Å²) < 4.78 is 12.9. The lowest BCUT2D eigenvalue weighted by molar-refractivity contribution is 0.0949. The standard InChI is InChI=1S/C20H17FN4O2/c1-13(26)15-3-2-4-18(9-15)25-20-23-11-16(12-24-20)19(27)22-10-14-5-7-17(21)8-6-14/h2-9,11-12H,10H2,1H3,(H,22,27)(H,23,24,25). The molecule has 1 heterocycles. The Morgan fingerprint density at radius 1 is 1.00 bits per heavy atom. The van der Waals surface area contributed by atoms with Crippen molar-refractivity contribution in [3.05, 3.63) is 83.4 Å². The Bertz CT molecular complexity index is 956. The molecule has 7 heteroatoms. The summed E-state index contributed by atoms with van der Waals surface area (Å²) >= 11 is 0. The highest BCUT2D eigenvalue weighted by Crippen LogP contribution is 2.15. The molecule has 0 atom stereocenters. The van der Waals surface area contributed by atoms with Crippen molar-refractivity contribution in [2.45, 2.75) is 13.5 Å². The molecular formula is C20H17FN4O2. The zero-order chi connectivity index (χ0) is 19.2. The van der Waals surface area contributed by atoms with Crippen LogP contribution in [-0.4, -0.2) is 21.7 Å². The summed E-state index contributed by atoms with van der Waals surface area (Å²) in [7, 11) is 0. The van der Waals surface area contributed by atoms with Crippen LogP contribution >= 0.6 is 0 Å². The van der Waals surface area contributed by atoms with E-state index in [0.717, 1.165) is 5.56 Å². The predicted molar refractivity (Wildman–Crippen MR) is 99.3 cm³/mol. The highest BCUT2D eigenvalue weighted by Gasteiger charge is 2.08. The number of Topliss-reactive ketones (excluding diaryl/α,β-unsaturated/α-hetero) is 1. The zero-order valence-electron chi connectivity index (χ0n) is 14.6. The predicted octanol–water partition coefficient (Wildman–Crippen LogP) is 3.49. The van der Waals surface area contributed by atoms with Crippen molar-refractivity contribution < 1.29 is 14.0 Å². The number of anilines is 2. The van der Waals surface area contributed by atoms with Gasteiger partial charge < -0.3 is 10.6 Å². The van der Waals surface area contributed by atoms with Gasteiger partial charge in [0.15, 0.2) is 5.78 Å². The average molecular weight is 364 g/mol. The van der Waals surface area contributed by atoms with E-state index in [2.05, 4.69) is 20.6 Å². The molecule has 0 saturated heterocycles. The number of benzene rings is 2. The molecule has 3 aromatic rings. The molecule has 1 aromatic heterocycles. The third-order valence-electron chi connectivity index (χ3n) is 3.81. The third-order valence-corrected chi connectivity index (χ3v) is 3.81. The van der Waals surface area contributed by atoms with Gasteiger partial charge >= 0.3 is 0 Å². The molecule has 0 saturated carbocycles. The monoisotopic (exact) mass is 364 g/mol. The van der Waals surface area contributed by atoms with Gasteiger partial charge in [-0.05, 0) is 36.8 Å². The van der Waals surface area contributed by atoms with Crippen LogP contribution in [0.4, 0.5) is 16.0 Å². The Hall–Kier alpha value is -3.61. The van der Waals surface area contributed by atoms with Crippen LogP contribution in [0.2, 0.25) is 0 Å². The van der Waals surface area contributed by atoms with E-state index in [4.69, 9.17) is 0 Å². The van der Waals surface area contributed by atoms with Crippen LogP contribution in [0.1, 0.15) is 33.2 Å². The number of hydrogen-bond acceptors (Lipinski definition) is 5. The zero-order valence-corrected chi connectivity index (χ0v) is 14.6. The smallest absolute Gasteiger partial charge is 0.254 e. The minimum Gasteiger partial charge on any atom is -0.348 e. The van der Waals surface area contributed by atoms with E-state index in [1.165, 1.54) is 31.5 Å². The molecule has 2 aromatic carbocycles. The number of halogens is 1. The van der Waals surface area contributed by atoms with E-state index >= 15 is 0 Å². The van der Waals surface area contributed by atoms with Gasteiger partial charge in [-0.15, -0.1) is 0 Å². The van der Waals surface area contributed by atoms with E-state index in [0.29, 0.717) is 22.8 Å². The molecule has 0 radical (unpaired) electrons. The molecular weight excluding hydrogens is 347 g/mol. The Kier molecular flexibility index (Phi) is 5.51. The number of hydrogen-bond donors (Lipinski definition) is 2. The van der Waals surface area contributed by atoms with Crippen molar-refractivity contribution in [2.24, 2.45) is 0 Å². The van der Waals surface area contributed by atoms with E-state index in [1.807, 2.05) is 0 Å². The normalized spacial score (nSPS) is 10.3. The number of rotatable bonds is 6. The SMILES string of the molecule is CC(=O)c1cccc(Nc2ncc(C(=O)NCc3ccc(F)cc3)cn2)c1. The van der Waals surface area contributed by atoms with Crippen LogP contribution in [0.5, 0.6) is 0 Å². The second kappa shape index (κ2) is 8.18. The number of aromatic nitrogens is 2. The summed E-state index contributed by atoms with van der Waals surface area (Å²) in [6, 6.07) is 12.9. The van der Waals surface area contributed by atoms with Crippen molar-refractivity contribution in [1.82, 2.24) is 15.3 Å². The fourth-order valence-corrected chi connectivity index (χ4v) is 2.34. The van der Waals surface area contributed by atoms with Crippen LogP contribution in [-0.2, 0) is 6.54 Å². The fourth-order valence-electron chi connectivity index (χ4n) is 2.34. The van der Waals surface area contributed by atoms with Crippen LogP contribution in [0.25, 0.3) is 0 Å². The minimum atomic E-state index is -0.329. The number of nitrogens with one attached hydrogen (secondary N) is 2. The van der Waals surface area contributed by atoms with Gasteiger partial charge in [0.05, 0.1) is 5.56 Å². The molecule has 136 valence electrons. The van der Waals surface area contributed by atoms with Crippen LogP contribution < -0.4 is 10.6 Å². The molecule has 0 spiro atoms. The Labute approximate surface area is 155 Å². The van der Waals surface area contributed by atoms with Gasteiger partial charge in [-0.1, -0.05) is 24.3 Å². The van der Waals surface area contributed by atoms with E-state index in [9.17, 15) is 14.0 Å². The van der Waals surface area contributed by atoms with Crippen LogP contribution in [0, 0.1) is 5.82 Å². The summed E-state index contributed by atoms with van der Waals surface area (Å²) in [6.45, 7) is 1.77. The quantitative estimate of drug-likeness (QED) is 0.654. The lowest BCUT2D eigenvalue weighted by Crippen LogP contribution is -2.23. The van der Waals surface area contributed by atoms with Gasteiger partial charge in [0.2, 0.25) is 5.95 Å². The van der Waals surface area contributed by atoms with Crippen LogP contribution in [0.3, 0.4) is 0 Å². The van der Waals surface area contributed by atoms with Crippen LogP contribution in [0.15, 0.2) is 60.9 Å². The Balaban J connectivity index is 1.61. The minimum absolute atomic E-state index is 0.0345.